The van der Waals surface area contributed by atoms with Crippen LogP contribution in [-0.4, -0.2) is 0 Å². The van der Waals surface area contributed by atoms with Gasteiger partial charge in [-0.1, -0.05) is 19.9 Å². The second-order valence-corrected chi connectivity index (χ2v) is 2.27. The molecule has 0 atom stereocenters. The van der Waals surface area contributed by atoms with E-state index >= 15 is 0 Å². The van der Waals surface area contributed by atoms with Gasteiger partial charge in [-0.25, -0.2) is 4.39 Å². The number of hydrogen-bond acceptors (Lipinski definition) is 1. The minimum Gasteiger partial charge on any atom is -0.326 e. The van der Waals surface area contributed by atoms with Crippen molar-refractivity contribution >= 4 is 0 Å². The van der Waals surface area contributed by atoms with E-state index in [1.54, 1.807) is 6.07 Å². The summed E-state index contributed by atoms with van der Waals surface area (Å²) >= 11 is 0. The standard InChI is InChI=1S/C8H10FN.C2H6/c1-6-2-3-8(9)4-7(6)5-10;1-2/h2-4H,5,10H2,1H3;1-2H3. The molecule has 0 bridgehead atoms. The van der Waals surface area contributed by atoms with Gasteiger partial charge in [0.2, 0.25) is 0 Å². The average Bonchev–Trinajstić information content (AvgIpc) is 2.13. The van der Waals surface area contributed by atoms with Crippen molar-refractivity contribution in [1.29, 1.82) is 0 Å². The predicted molar refractivity (Wildman–Crippen MR) is 50.4 cm³/mol. The fourth-order valence-corrected chi connectivity index (χ4v) is 0.860. The Morgan fingerprint density at radius 3 is 2.33 bits per heavy atom. The van der Waals surface area contributed by atoms with Crippen LogP contribution < -0.4 is 5.73 Å². The second kappa shape index (κ2) is 5.72. The molecule has 1 rings (SSSR count). The highest BCUT2D eigenvalue weighted by atomic mass is 19.1. The molecule has 0 aromatic heterocycles. The number of hydrogen-bond donors (Lipinski definition) is 1. The minimum atomic E-state index is -0.217. The Labute approximate surface area is 73.4 Å². The first-order valence-corrected chi connectivity index (χ1v) is 4.19. The van der Waals surface area contributed by atoms with Crippen LogP contribution in [0.15, 0.2) is 18.2 Å². The summed E-state index contributed by atoms with van der Waals surface area (Å²) in [4.78, 5) is 0. The molecule has 68 valence electrons. The van der Waals surface area contributed by atoms with E-state index in [1.165, 1.54) is 12.1 Å². The summed E-state index contributed by atoms with van der Waals surface area (Å²) in [7, 11) is 0. The van der Waals surface area contributed by atoms with Crippen LogP contribution in [0.25, 0.3) is 0 Å². The molecule has 0 fully saturated rings. The van der Waals surface area contributed by atoms with Crippen molar-refractivity contribution in [3.05, 3.63) is 35.1 Å². The van der Waals surface area contributed by atoms with Crippen LogP contribution >= 0.6 is 0 Å². The molecular weight excluding hydrogens is 153 g/mol. The Hall–Kier alpha value is -0.890. The highest BCUT2D eigenvalue weighted by Crippen LogP contribution is 2.08. The Morgan fingerprint density at radius 2 is 1.92 bits per heavy atom. The van der Waals surface area contributed by atoms with Gasteiger partial charge in [-0.15, -0.1) is 0 Å². The zero-order valence-electron chi connectivity index (χ0n) is 7.89. The van der Waals surface area contributed by atoms with Crippen molar-refractivity contribution in [2.75, 3.05) is 0 Å². The first-order valence-electron chi connectivity index (χ1n) is 4.19. The number of benzene rings is 1. The molecule has 0 aliphatic rings. The average molecular weight is 169 g/mol. The summed E-state index contributed by atoms with van der Waals surface area (Å²) in [5.41, 5.74) is 7.27. The summed E-state index contributed by atoms with van der Waals surface area (Å²) in [6.45, 7) is 6.32. The van der Waals surface area contributed by atoms with Gasteiger partial charge in [-0.3, -0.25) is 0 Å². The SMILES string of the molecule is CC.Cc1ccc(F)cc1CN. The van der Waals surface area contributed by atoms with Gasteiger partial charge in [0.1, 0.15) is 5.82 Å². The first-order chi connectivity index (χ1) is 5.74. The van der Waals surface area contributed by atoms with Gasteiger partial charge < -0.3 is 5.73 Å². The maximum absolute atomic E-state index is 12.5. The maximum atomic E-state index is 12.5. The van der Waals surface area contributed by atoms with E-state index in [2.05, 4.69) is 0 Å². The van der Waals surface area contributed by atoms with Crippen molar-refractivity contribution in [2.24, 2.45) is 5.73 Å². The van der Waals surface area contributed by atoms with Gasteiger partial charge in [0, 0.05) is 6.54 Å². The van der Waals surface area contributed by atoms with E-state index in [0.717, 1.165) is 11.1 Å². The summed E-state index contributed by atoms with van der Waals surface area (Å²) < 4.78 is 12.5. The molecule has 0 unspecified atom stereocenters. The summed E-state index contributed by atoms with van der Waals surface area (Å²) in [5, 5.41) is 0. The second-order valence-electron chi connectivity index (χ2n) is 2.27. The van der Waals surface area contributed by atoms with Crippen LogP contribution in [0.3, 0.4) is 0 Å². The predicted octanol–water partition coefficient (Wildman–Crippen LogP) is 2.62. The molecule has 1 nitrogen and oxygen atoms in total. The van der Waals surface area contributed by atoms with Crippen LogP contribution in [0.1, 0.15) is 25.0 Å². The molecule has 2 N–H and O–H groups in total. The molecule has 0 saturated heterocycles. The van der Waals surface area contributed by atoms with Crippen LogP contribution in [0, 0.1) is 12.7 Å². The molecule has 0 aliphatic carbocycles. The third-order valence-electron chi connectivity index (χ3n) is 1.53. The Morgan fingerprint density at radius 1 is 1.33 bits per heavy atom. The van der Waals surface area contributed by atoms with Crippen LogP contribution in [0.2, 0.25) is 0 Å². The van der Waals surface area contributed by atoms with Crippen molar-refractivity contribution in [1.82, 2.24) is 0 Å². The van der Waals surface area contributed by atoms with Crippen molar-refractivity contribution < 1.29 is 4.39 Å². The molecule has 1 aromatic carbocycles. The highest BCUT2D eigenvalue weighted by Gasteiger charge is 1.95. The van der Waals surface area contributed by atoms with Crippen molar-refractivity contribution in [2.45, 2.75) is 27.3 Å². The monoisotopic (exact) mass is 169 g/mol. The fourth-order valence-electron chi connectivity index (χ4n) is 0.860. The Balaban J connectivity index is 0.000000561. The van der Waals surface area contributed by atoms with E-state index < -0.39 is 0 Å². The van der Waals surface area contributed by atoms with E-state index in [9.17, 15) is 4.39 Å². The van der Waals surface area contributed by atoms with Gasteiger partial charge in [0.25, 0.3) is 0 Å². The van der Waals surface area contributed by atoms with E-state index in [4.69, 9.17) is 5.73 Å². The van der Waals surface area contributed by atoms with Gasteiger partial charge in [0.15, 0.2) is 0 Å². The lowest BCUT2D eigenvalue weighted by molar-refractivity contribution is 0.625. The van der Waals surface area contributed by atoms with Gasteiger partial charge in [-0.05, 0) is 30.2 Å². The smallest absolute Gasteiger partial charge is 0.123 e. The number of aryl methyl sites for hydroxylation is 1. The number of nitrogens with two attached hydrogens (primary N) is 1. The third-order valence-corrected chi connectivity index (χ3v) is 1.53. The van der Waals surface area contributed by atoms with Crippen molar-refractivity contribution in [3.8, 4) is 0 Å². The van der Waals surface area contributed by atoms with Crippen LogP contribution in [0.4, 0.5) is 4.39 Å². The highest BCUT2D eigenvalue weighted by molar-refractivity contribution is 5.25. The quantitative estimate of drug-likeness (QED) is 0.687. The maximum Gasteiger partial charge on any atom is 0.123 e. The lowest BCUT2D eigenvalue weighted by Gasteiger charge is -2.00. The molecule has 12 heavy (non-hydrogen) atoms. The number of rotatable bonds is 1. The lowest BCUT2D eigenvalue weighted by Crippen LogP contribution is -1.99. The fraction of sp³-hybridized carbons (Fsp3) is 0.400. The topological polar surface area (TPSA) is 26.0 Å². The molecule has 0 radical (unpaired) electrons. The third kappa shape index (κ3) is 3.01. The Kier molecular flexibility index (Phi) is 5.30. The van der Waals surface area contributed by atoms with Gasteiger partial charge in [0.05, 0.1) is 0 Å². The van der Waals surface area contributed by atoms with Crippen LogP contribution in [-0.2, 0) is 6.54 Å². The molecule has 0 aliphatic heterocycles. The zero-order chi connectivity index (χ0) is 9.56. The molecule has 0 amide bonds. The lowest BCUT2D eigenvalue weighted by atomic mass is 10.1. The molecule has 0 heterocycles. The first kappa shape index (κ1) is 11.1. The molecule has 2 heteroatoms. The minimum absolute atomic E-state index is 0.217. The van der Waals surface area contributed by atoms with Gasteiger partial charge in [-0.2, -0.15) is 0 Å². The van der Waals surface area contributed by atoms with E-state index in [0.29, 0.717) is 6.54 Å². The van der Waals surface area contributed by atoms with Gasteiger partial charge >= 0.3 is 0 Å². The summed E-state index contributed by atoms with van der Waals surface area (Å²) in [6, 6.07) is 4.64. The molecule has 0 spiro atoms. The van der Waals surface area contributed by atoms with Crippen LogP contribution in [0.5, 0.6) is 0 Å². The molecule has 1 aromatic rings. The molecule has 0 saturated carbocycles. The number of halogens is 1. The van der Waals surface area contributed by atoms with E-state index in [1.807, 2.05) is 20.8 Å². The Bertz CT molecular complexity index is 233. The normalized spacial score (nSPS) is 8.75. The zero-order valence-corrected chi connectivity index (χ0v) is 7.89. The largest absolute Gasteiger partial charge is 0.326 e. The summed E-state index contributed by atoms with van der Waals surface area (Å²) in [6.07, 6.45) is 0. The summed E-state index contributed by atoms with van der Waals surface area (Å²) in [5.74, 6) is -0.217. The molecular formula is C10H16FN. The van der Waals surface area contributed by atoms with E-state index in [-0.39, 0.29) is 5.82 Å². The van der Waals surface area contributed by atoms with Crippen molar-refractivity contribution in [3.63, 3.8) is 0 Å².